The summed E-state index contributed by atoms with van der Waals surface area (Å²) < 4.78 is 3.29. The van der Waals surface area contributed by atoms with E-state index in [0.29, 0.717) is 0 Å². The smallest absolute Gasteiger partial charge is 0.412 e. The van der Waals surface area contributed by atoms with E-state index in [1.807, 2.05) is 0 Å². The molecule has 1 radical (unpaired) electrons. The van der Waals surface area contributed by atoms with Crippen LogP contribution in [0.5, 0.6) is 0 Å². The molecule has 0 saturated carbocycles. The van der Waals surface area contributed by atoms with Gasteiger partial charge in [0.05, 0.1) is 0 Å². The van der Waals surface area contributed by atoms with Gasteiger partial charge in [0.15, 0.2) is 0 Å². The maximum Gasteiger partial charge on any atom is -0.412 e. The van der Waals surface area contributed by atoms with Crippen LogP contribution in [0.4, 0.5) is 0 Å². The fourth-order valence-corrected chi connectivity index (χ4v) is 5.64. The molecule has 2 heteroatoms. The Morgan fingerprint density at radius 2 is 1.30 bits per heavy atom. The summed E-state index contributed by atoms with van der Waals surface area (Å²) in [5, 5.41) is 0. The molecule has 0 heterocycles. The third-order valence-electron chi connectivity index (χ3n) is 1.52. The van der Waals surface area contributed by atoms with Gasteiger partial charge in [0.1, 0.15) is 0 Å². The van der Waals surface area contributed by atoms with Crippen molar-refractivity contribution in [1.82, 2.24) is 0 Å². The predicted octanol–water partition coefficient (Wildman–Crippen LogP) is 2.04. The van der Waals surface area contributed by atoms with E-state index in [4.69, 9.17) is 0 Å². The van der Waals surface area contributed by atoms with E-state index >= 15 is 0 Å². The first-order chi connectivity index (χ1) is 4.41. The van der Waals surface area contributed by atoms with Gasteiger partial charge >= 0.3 is 69.5 Å². The summed E-state index contributed by atoms with van der Waals surface area (Å²) in [4.78, 5) is 0. The fraction of sp³-hybridized carbons (Fsp3) is 1.00. The fourth-order valence-electron chi connectivity index (χ4n) is 0.841. The van der Waals surface area contributed by atoms with Crippen LogP contribution < -0.4 is 0 Å². The number of unbranched alkanes of at least 4 members (excludes halogenated alkanes) is 2. The van der Waals surface area contributed by atoms with Gasteiger partial charge in [-0.1, -0.05) is 0 Å². The van der Waals surface area contributed by atoms with E-state index in [-0.39, 0.29) is 26.6 Å². The maximum atomic E-state index is 2.29. The normalized spacial score (nSPS) is 9.00. The Morgan fingerprint density at radius 3 is 1.60 bits per heavy atom. The first-order valence-electron chi connectivity index (χ1n) is 4.23. The van der Waals surface area contributed by atoms with Gasteiger partial charge in [-0.2, -0.15) is 0 Å². The molecule has 0 atom stereocenters. The number of hydrogen-bond acceptors (Lipinski definition) is 0. The average Bonchev–Trinajstić information content (AvgIpc) is 1.89. The Balaban J connectivity index is 0. The molecule has 0 aliphatic heterocycles. The van der Waals surface area contributed by atoms with Gasteiger partial charge in [0.2, 0.25) is 0 Å². The van der Waals surface area contributed by atoms with Crippen molar-refractivity contribution in [1.29, 1.82) is 0 Å². The topological polar surface area (TPSA) is 31.5 Å². The minimum absolute atomic E-state index is 0. The van der Waals surface area contributed by atoms with Crippen LogP contribution in [-0.4, -0.2) is 26.6 Å². The molecule has 0 fully saturated rings. The van der Waals surface area contributed by atoms with E-state index in [1.54, 1.807) is 8.87 Å². The molecule has 0 spiro atoms. The van der Waals surface area contributed by atoms with Gasteiger partial charge < -0.3 is 5.48 Å². The van der Waals surface area contributed by atoms with Crippen molar-refractivity contribution in [2.45, 2.75) is 48.4 Å². The van der Waals surface area contributed by atoms with Crippen molar-refractivity contribution < 1.29 is 5.48 Å². The first-order valence-corrected chi connectivity index (χ1v) is 8.89. The SMILES string of the molecule is CCC[CH2][SnH][CH2]CCC.O. The van der Waals surface area contributed by atoms with Crippen LogP contribution in [0.3, 0.4) is 0 Å². The Hall–Kier alpha value is 0.759. The van der Waals surface area contributed by atoms with Crippen molar-refractivity contribution in [2.24, 2.45) is 0 Å². The van der Waals surface area contributed by atoms with Crippen molar-refractivity contribution in [3.05, 3.63) is 0 Å². The van der Waals surface area contributed by atoms with Crippen molar-refractivity contribution in [3.63, 3.8) is 0 Å². The van der Waals surface area contributed by atoms with Crippen LogP contribution >= 0.6 is 0 Å². The van der Waals surface area contributed by atoms with E-state index in [1.165, 1.54) is 25.7 Å². The molecule has 0 aromatic rings. The Kier molecular flexibility index (Phi) is 16.6. The molecule has 1 nitrogen and oxygen atoms in total. The third kappa shape index (κ3) is 11.5. The zero-order valence-electron chi connectivity index (χ0n) is 7.32. The molecule has 0 bridgehead atoms. The zero-order valence-corrected chi connectivity index (χ0v) is 10.6. The van der Waals surface area contributed by atoms with Crippen molar-refractivity contribution in [2.75, 3.05) is 0 Å². The van der Waals surface area contributed by atoms with Crippen molar-refractivity contribution in [3.8, 4) is 0 Å². The molecule has 10 heavy (non-hydrogen) atoms. The van der Waals surface area contributed by atoms with Gasteiger partial charge in [0.25, 0.3) is 0 Å². The average molecular weight is 252 g/mol. The van der Waals surface area contributed by atoms with Crippen LogP contribution in [0, 0.1) is 0 Å². The van der Waals surface area contributed by atoms with E-state index in [2.05, 4.69) is 13.8 Å². The molecular formula is C8H21OSn. The maximum absolute atomic E-state index is 2.29. The molecule has 63 valence electrons. The van der Waals surface area contributed by atoms with Gasteiger partial charge in [-0.15, -0.1) is 0 Å². The Bertz CT molecular complexity index is 42.5. The molecule has 0 aromatic carbocycles. The van der Waals surface area contributed by atoms with Gasteiger partial charge in [0, 0.05) is 0 Å². The molecule has 0 rings (SSSR count). The van der Waals surface area contributed by atoms with Gasteiger partial charge in [-0.3, -0.25) is 0 Å². The molecule has 0 unspecified atom stereocenters. The van der Waals surface area contributed by atoms with Gasteiger partial charge in [-0.05, 0) is 0 Å². The monoisotopic (exact) mass is 253 g/mol. The summed E-state index contributed by atoms with van der Waals surface area (Å²) in [5.74, 6) is 0. The molecule has 0 saturated heterocycles. The number of hydrogen-bond donors (Lipinski definition) is 0. The van der Waals surface area contributed by atoms with E-state index < -0.39 is 0 Å². The van der Waals surface area contributed by atoms with Crippen LogP contribution in [0.15, 0.2) is 0 Å². The minimum Gasteiger partial charge on any atom is -0.412 e. The summed E-state index contributed by atoms with van der Waals surface area (Å²) in [6.45, 7) is 4.59. The molecule has 2 N–H and O–H groups in total. The summed E-state index contributed by atoms with van der Waals surface area (Å²) in [5.41, 5.74) is 0. The van der Waals surface area contributed by atoms with Crippen LogP contribution in [-0.2, 0) is 0 Å². The summed E-state index contributed by atoms with van der Waals surface area (Å²) >= 11 is -0.00469. The molecule has 0 aliphatic carbocycles. The molecule has 0 amide bonds. The molecule has 0 aliphatic rings. The Labute approximate surface area is 75.1 Å². The quantitative estimate of drug-likeness (QED) is 0.511. The summed E-state index contributed by atoms with van der Waals surface area (Å²) in [7, 11) is 0. The molecule has 0 aromatic heterocycles. The second-order valence-corrected chi connectivity index (χ2v) is 7.52. The van der Waals surface area contributed by atoms with Crippen LogP contribution in [0.2, 0.25) is 8.87 Å². The summed E-state index contributed by atoms with van der Waals surface area (Å²) in [6.07, 6.45) is 5.87. The van der Waals surface area contributed by atoms with Crippen molar-refractivity contribution >= 4 is 21.1 Å². The second-order valence-electron chi connectivity index (χ2n) is 2.57. The predicted molar refractivity (Wildman–Crippen MR) is 50.2 cm³/mol. The third-order valence-corrected chi connectivity index (χ3v) is 6.18. The van der Waals surface area contributed by atoms with Crippen LogP contribution in [0.1, 0.15) is 39.5 Å². The summed E-state index contributed by atoms with van der Waals surface area (Å²) in [6, 6.07) is 0. The van der Waals surface area contributed by atoms with E-state index in [9.17, 15) is 0 Å². The second kappa shape index (κ2) is 12.4. The zero-order chi connectivity index (χ0) is 6.95. The minimum atomic E-state index is -0.00469. The van der Waals surface area contributed by atoms with E-state index in [0.717, 1.165) is 0 Å². The van der Waals surface area contributed by atoms with Crippen LogP contribution in [0.25, 0.3) is 0 Å². The standard InChI is InChI=1S/2C4H9.H2O.Sn.H/c2*1-3-4-2;;;/h2*1,3-4H2,2H3;1H2;;. The largest absolute Gasteiger partial charge is 0.412 e. The first kappa shape index (κ1) is 13.4. The van der Waals surface area contributed by atoms with Gasteiger partial charge in [-0.25, -0.2) is 0 Å². The number of rotatable bonds is 6. The Morgan fingerprint density at radius 1 is 0.900 bits per heavy atom. The molecular weight excluding hydrogens is 231 g/mol.